The number of benzene rings is 3. The van der Waals surface area contributed by atoms with Crippen LogP contribution >= 0.6 is 0 Å². The molecule has 0 saturated carbocycles. The number of hydrogen-bond acceptors (Lipinski definition) is 1. The van der Waals surface area contributed by atoms with Gasteiger partial charge in [0.15, 0.2) is 0 Å². The van der Waals surface area contributed by atoms with Crippen LogP contribution in [0, 0.1) is 0 Å². The van der Waals surface area contributed by atoms with Gasteiger partial charge in [-0.25, -0.2) is 4.98 Å². The van der Waals surface area contributed by atoms with Crippen molar-refractivity contribution in [2.24, 2.45) is 0 Å². The molecular weight excluding hydrogens is 330 g/mol. The summed E-state index contributed by atoms with van der Waals surface area (Å²) in [5, 5.41) is 2.67. The van der Waals surface area contributed by atoms with Gasteiger partial charge in [0.2, 0.25) is 0 Å². The van der Waals surface area contributed by atoms with Crippen LogP contribution in [-0.2, 0) is 0 Å². The molecule has 0 aliphatic carbocycles. The highest BCUT2D eigenvalue weighted by Gasteiger charge is 2.15. The highest BCUT2D eigenvalue weighted by atomic mass is 28.3. The van der Waals surface area contributed by atoms with Crippen LogP contribution in [0.4, 0.5) is 0 Å². The molecule has 128 valence electrons. The van der Waals surface area contributed by atoms with Crippen LogP contribution in [0.2, 0.25) is 19.6 Å². The number of rotatable bonds is 3. The first-order chi connectivity index (χ1) is 12.5. The van der Waals surface area contributed by atoms with Gasteiger partial charge in [0, 0.05) is 10.9 Å². The molecule has 1 aromatic heterocycles. The Morgan fingerprint density at radius 1 is 0.577 bits per heavy atom. The summed E-state index contributed by atoms with van der Waals surface area (Å²) in [6.45, 7) is 7.15. The summed E-state index contributed by atoms with van der Waals surface area (Å²) in [6, 6.07) is 30.3. The lowest BCUT2D eigenvalue weighted by Gasteiger charge is -2.16. The molecule has 1 heterocycles. The molecule has 4 rings (SSSR count). The monoisotopic (exact) mass is 353 g/mol. The van der Waals surface area contributed by atoms with Crippen molar-refractivity contribution in [2.75, 3.05) is 0 Å². The zero-order chi connectivity index (χ0) is 18.1. The van der Waals surface area contributed by atoms with Crippen LogP contribution < -0.4 is 5.19 Å². The highest BCUT2D eigenvalue weighted by Crippen LogP contribution is 2.25. The molecular formula is C24H23NSi. The molecule has 4 aromatic rings. The van der Waals surface area contributed by atoms with Crippen LogP contribution in [0.5, 0.6) is 0 Å². The van der Waals surface area contributed by atoms with Gasteiger partial charge in [0.05, 0.1) is 19.3 Å². The van der Waals surface area contributed by atoms with Gasteiger partial charge in [0.25, 0.3) is 0 Å². The van der Waals surface area contributed by atoms with Crippen molar-refractivity contribution in [1.29, 1.82) is 0 Å². The van der Waals surface area contributed by atoms with Gasteiger partial charge in [-0.3, -0.25) is 0 Å². The predicted octanol–water partition coefficient (Wildman–Crippen LogP) is 6.11. The van der Waals surface area contributed by atoms with Crippen LogP contribution in [0.25, 0.3) is 33.3 Å². The lowest BCUT2D eigenvalue weighted by molar-refractivity contribution is 1.40. The van der Waals surface area contributed by atoms with Crippen molar-refractivity contribution >= 4 is 24.2 Å². The minimum Gasteiger partial charge on any atom is -0.248 e. The molecule has 0 saturated heterocycles. The van der Waals surface area contributed by atoms with E-state index < -0.39 is 8.07 Å². The van der Waals surface area contributed by atoms with Crippen molar-refractivity contribution in [2.45, 2.75) is 19.6 Å². The van der Waals surface area contributed by atoms with Crippen molar-refractivity contribution in [3.8, 4) is 22.4 Å². The zero-order valence-corrected chi connectivity index (χ0v) is 16.5. The lowest BCUT2D eigenvalue weighted by Crippen LogP contribution is -2.37. The van der Waals surface area contributed by atoms with Gasteiger partial charge < -0.3 is 0 Å². The normalized spacial score (nSPS) is 11.7. The van der Waals surface area contributed by atoms with Crippen LogP contribution in [0.15, 0.2) is 84.9 Å². The van der Waals surface area contributed by atoms with Gasteiger partial charge in [0.1, 0.15) is 0 Å². The summed E-state index contributed by atoms with van der Waals surface area (Å²) in [6.07, 6.45) is 0. The van der Waals surface area contributed by atoms with E-state index in [1.807, 2.05) is 12.1 Å². The molecule has 0 spiro atoms. The number of aromatic nitrogens is 1. The van der Waals surface area contributed by atoms with Gasteiger partial charge in [-0.05, 0) is 23.3 Å². The first-order valence-corrected chi connectivity index (χ1v) is 12.6. The van der Waals surface area contributed by atoms with Gasteiger partial charge in [-0.15, -0.1) is 0 Å². The van der Waals surface area contributed by atoms with E-state index in [0.29, 0.717) is 0 Å². The molecule has 0 aliphatic heterocycles. The van der Waals surface area contributed by atoms with E-state index in [1.54, 1.807) is 0 Å². The van der Waals surface area contributed by atoms with E-state index in [2.05, 4.69) is 92.4 Å². The third kappa shape index (κ3) is 3.33. The Labute approximate surface area is 156 Å². The second-order valence-electron chi connectivity index (χ2n) is 7.79. The van der Waals surface area contributed by atoms with Crippen LogP contribution in [-0.4, -0.2) is 13.1 Å². The fourth-order valence-corrected chi connectivity index (χ4v) is 4.39. The third-order valence-electron chi connectivity index (χ3n) is 4.86. The van der Waals surface area contributed by atoms with Gasteiger partial charge in [-0.1, -0.05) is 97.6 Å². The van der Waals surface area contributed by atoms with Gasteiger partial charge in [-0.2, -0.15) is 0 Å². The summed E-state index contributed by atoms with van der Waals surface area (Å²) in [4.78, 5) is 4.79. The fourth-order valence-electron chi connectivity index (χ4n) is 3.22. The molecule has 0 atom stereocenters. The second-order valence-corrected chi connectivity index (χ2v) is 12.9. The fraction of sp³-hybridized carbons (Fsp3) is 0.125. The molecule has 1 nitrogen and oxygen atoms in total. The summed E-state index contributed by atoms with van der Waals surface area (Å²) in [5.41, 5.74) is 5.72. The molecule has 0 aliphatic rings. The average molecular weight is 354 g/mol. The topological polar surface area (TPSA) is 12.9 Å². The number of para-hydroxylation sites is 1. The van der Waals surface area contributed by atoms with Crippen LogP contribution in [0.1, 0.15) is 0 Å². The van der Waals surface area contributed by atoms with Crippen molar-refractivity contribution in [1.82, 2.24) is 4.98 Å². The van der Waals surface area contributed by atoms with E-state index in [9.17, 15) is 0 Å². The van der Waals surface area contributed by atoms with E-state index in [-0.39, 0.29) is 0 Å². The van der Waals surface area contributed by atoms with Crippen molar-refractivity contribution in [3.63, 3.8) is 0 Å². The maximum absolute atomic E-state index is 4.79. The molecule has 26 heavy (non-hydrogen) atoms. The quantitative estimate of drug-likeness (QED) is 0.405. The minimum absolute atomic E-state index is 1.02. The number of pyridine rings is 1. The molecule has 3 aromatic carbocycles. The Morgan fingerprint density at radius 3 is 1.81 bits per heavy atom. The Bertz CT molecular complexity index is 1040. The molecule has 2 heteroatoms. The number of fused-ring (bicyclic) bond motifs is 1. The maximum atomic E-state index is 4.79. The molecule has 0 amide bonds. The van der Waals surface area contributed by atoms with E-state index in [4.69, 9.17) is 4.98 Å². The molecule has 0 unspecified atom stereocenters. The standard InChI is InChI=1S/C24H23NSi/c1-26(2,3)22-15-12-19(13-16-22)18-8-10-21(11-9-18)24-17-14-20-6-4-5-7-23(20)25-24/h4-17H,1-3H3. The first-order valence-electron chi connectivity index (χ1n) is 9.08. The van der Waals surface area contributed by atoms with E-state index in [1.165, 1.54) is 21.7 Å². The van der Waals surface area contributed by atoms with Crippen LogP contribution in [0.3, 0.4) is 0 Å². The Balaban J connectivity index is 1.63. The highest BCUT2D eigenvalue weighted by molar-refractivity contribution is 6.88. The summed E-state index contributed by atoms with van der Waals surface area (Å²) < 4.78 is 0. The molecule has 0 bridgehead atoms. The van der Waals surface area contributed by atoms with E-state index in [0.717, 1.165) is 16.8 Å². The first kappa shape index (κ1) is 16.7. The maximum Gasteiger partial charge on any atom is 0.0775 e. The Morgan fingerprint density at radius 2 is 1.15 bits per heavy atom. The SMILES string of the molecule is C[Si](C)(C)c1ccc(-c2ccc(-c3ccc4ccccc4n3)cc2)cc1. The summed E-state index contributed by atoms with van der Waals surface area (Å²) in [5.74, 6) is 0. The third-order valence-corrected chi connectivity index (χ3v) is 6.93. The summed E-state index contributed by atoms with van der Waals surface area (Å²) in [7, 11) is -1.24. The predicted molar refractivity (Wildman–Crippen MR) is 116 cm³/mol. The van der Waals surface area contributed by atoms with E-state index >= 15 is 0 Å². The Hall–Kier alpha value is -2.71. The summed E-state index contributed by atoms with van der Waals surface area (Å²) >= 11 is 0. The number of nitrogens with zero attached hydrogens (tertiary/aromatic N) is 1. The van der Waals surface area contributed by atoms with Crippen molar-refractivity contribution < 1.29 is 0 Å². The smallest absolute Gasteiger partial charge is 0.0775 e. The Kier molecular flexibility index (Phi) is 4.21. The second kappa shape index (κ2) is 6.54. The molecule has 0 radical (unpaired) electrons. The zero-order valence-electron chi connectivity index (χ0n) is 15.5. The minimum atomic E-state index is -1.24. The molecule has 0 N–H and O–H groups in total. The van der Waals surface area contributed by atoms with Gasteiger partial charge >= 0.3 is 0 Å². The number of hydrogen-bond donors (Lipinski definition) is 0. The average Bonchev–Trinajstić information content (AvgIpc) is 2.67. The molecule has 0 fully saturated rings. The largest absolute Gasteiger partial charge is 0.248 e. The lowest BCUT2D eigenvalue weighted by atomic mass is 10.0. The van der Waals surface area contributed by atoms with Crippen molar-refractivity contribution in [3.05, 3.63) is 84.9 Å².